The Labute approximate surface area is 323 Å². The molecule has 56 heavy (non-hydrogen) atoms. The zero-order valence-electron chi connectivity index (χ0n) is 31.6. The number of para-hydroxylation sites is 4. The van der Waals surface area contributed by atoms with Crippen LogP contribution in [0.25, 0.3) is 44.8 Å². The Balaban J connectivity index is 0.000000172. The van der Waals surface area contributed by atoms with E-state index in [-0.39, 0.29) is 11.1 Å². The van der Waals surface area contributed by atoms with Crippen LogP contribution in [-0.4, -0.2) is 34.3 Å². The van der Waals surface area contributed by atoms with Gasteiger partial charge in [-0.3, -0.25) is 19.3 Å². The van der Waals surface area contributed by atoms with Gasteiger partial charge >= 0.3 is 0 Å². The summed E-state index contributed by atoms with van der Waals surface area (Å²) in [5.74, 6) is 2.81. The van der Waals surface area contributed by atoms with E-state index in [1.54, 1.807) is 43.3 Å². The van der Waals surface area contributed by atoms with Crippen LogP contribution in [0.3, 0.4) is 0 Å². The molecule has 0 amide bonds. The maximum absolute atomic E-state index is 12.3. The lowest BCUT2D eigenvalue weighted by Gasteiger charge is -2.15. The first-order valence-corrected chi connectivity index (χ1v) is 17.9. The van der Waals surface area contributed by atoms with E-state index in [1.165, 1.54) is 9.36 Å². The van der Waals surface area contributed by atoms with Gasteiger partial charge in [-0.25, -0.2) is 9.36 Å². The van der Waals surface area contributed by atoms with Crippen LogP contribution < -0.4 is 20.6 Å². The predicted octanol–water partition coefficient (Wildman–Crippen LogP) is 8.56. The van der Waals surface area contributed by atoms with E-state index in [0.717, 1.165) is 56.3 Å². The van der Waals surface area contributed by atoms with Crippen LogP contribution in [0.15, 0.2) is 155 Å². The van der Waals surface area contributed by atoms with Gasteiger partial charge < -0.3 is 9.47 Å². The first-order chi connectivity index (χ1) is 27.2. The number of nitrogens with zero attached hydrogens (tertiary/aromatic N) is 7. The summed E-state index contributed by atoms with van der Waals surface area (Å²) in [6, 6.07) is 41.6. The Kier molecular flexibility index (Phi) is 10.8. The molecular formula is C45H39N7O4. The number of rotatable bonds is 8. The first-order valence-electron chi connectivity index (χ1n) is 17.9. The van der Waals surface area contributed by atoms with Gasteiger partial charge in [-0.2, -0.15) is 15.3 Å². The van der Waals surface area contributed by atoms with Crippen molar-refractivity contribution in [1.29, 1.82) is 0 Å². The van der Waals surface area contributed by atoms with Crippen LogP contribution in [-0.2, 0) is 21.1 Å². The minimum atomic E-state index is -0.177. The van der Waals surface area contributed by atoms with E-state index in [2.05, 4.69) is 20.3 Å². The molecule has 0 aliphatic carbocycles. The summed E-state index contributed by atoms with van der Waals surface area (Å²) in [5.41, 5.74) is 7.69. The lowest BCUT2D eigenvalue weighted by Crippen LogP contribution is -2.19. The molecule has 0 unspecified atom stereocenters. The molecule has 11 heteroatoms. The van der Waals surface area contributed by atoms with Gasteiger partial charge in [0.25, 0.3) is 11.1 Å². The number of aromatic nitrogens is 7. The average molecular weight is 742 g/mol. The lowest BCUT2D eigenvalue weighted by molar-refractivity contribution is 0.484. The third-order valence-electron chi connectivity index (χ3n) is 9.14. The second-order valence-electron chi connectivity index (χ2n) is 13.0. The van der Waals surface area contributed by atoms with Crippen LogP contribution in [0.1, 0.15) is 11.4 Å². The van der Waals surface area contributed by atoms with Crippen LogP contribution in [0.5, 0.6) is 23.0 Å². The number of ether oxygens (including phenoxy) is 2. The molecule has 0 aliphatic rings. The minimum absolute atomic E-state index is 0.172. The van der Waals surface area contributed by atoms with Crippen molar-refractivity contribution in [2.45, 2.75) is 13.8 Å². The zero-order valence-corrected chi connectivity index (χ0v) is 31.6. The van der Waals surface area contributed by atoms with Crippen molar-refractivity contribution in [2.24, 2.45) is 21.1 Å². The Morgan fingerprint density at radius 2 is 0.982 bits per heavy atom. The van der Waals surface area contributed by atoms with Crippen LogP contribution in [0.4, 0.5) is 0 Å². The van der Waals surface area contributed by atoms with Gasteiger partial charge in [-0.15, -0.1) is 0 Å². The molecule has 4 heterocycles. The van der Waals surface area contributed by atoms with Crippen molar-refractivity contribution in [1.82, 2.24) is 34.3 Å². The van der Waals surface area contributed by atoms with Crippen molar-refractivity contribution in [2.75, 3.05) is 0 Å². The summed E-state index contributed by atoms with van der Waals surface area (Å²) in [4.78, 5) is 28.9. The highest BCUT2D eigenvalue weighted by molar-refractivity contribution is 5.84. The fourth-order valence-electron chi connectivity index (χ4n) is 6.11. The Bertz CT molecular complexity index is 2760. The monoisotopic (exact) mass is 741 g/mol. The summed E-state index contributed by atoms with van der Waals surface area (Å²) in [6.07, 6.45) is 3.49. The van der Waals surface area contributed by atoms with Crippen LogP contribution >= 0.6 is 0 Å². The third-order valence-corrected chi connectivity index (χ3v) is 9.14. The number of aryl methyl sites for hydroxylation is 4. The van der Waals surface area contributed by atoms with E-state index in [1.807, 2.05) is 142 Å². The highest BCUT2D eigenvalue weighted by Crippen LogP contribution is 2.39. The summed E-state index contributed by atoms with van der Waals surface area (Å²) in [7, 11) is 5.17. The average Bonchev–Trinajstić information content (AvgIpc) is 3.55. The number of benzene rings is 4. The van der Waals surface area contributed by atoms with E-state index >= 15 is 0 Å². The summed E-state index contributed by atoms with van der Waals surface area (Å²) in [6.45, 7) is 3.89. The second kappa shape index (κ2) is 16.3. The zero-order chi connectivity index (χ0) is 39.2. The quantitative estimate of drug-likeness (QED) is 0.152. The summed E-state index contributed by atoms with van der Waals surface area (Å²) < 4.78 is 16.7. The largest absolute Gasteiger partial charge is 0.457 e. The van der Waals surface area contributed by atoms with Gasteiger partial charge in [0.05, 0.1) is 6.20 Å². The second-order valence-corrected chi connectivity index (χ2v) is 13.0. The SMILES string of the molecule is Cc1c(-c2cc(=O)n(C)nc2-c2ccccc2Oc2ccccc2)cnn1C.Cc1cc(-c2cc(=O)n(C)nc2-c2ccccc2Oc2ccccc2)ccn1. The maximum Gasteiger partial charge on any atom is 0.267 e. The third kappa shape index (κ3) is 8.07. The topological polar surface area (TPSA) is 119 Å². The summed E-state index contributed by atoms with van der Waals surface area (Å²) in [5, 5.41) is 13.4. The molecule has 8 aromatic rings. The van der Waals surface area contributed by atoms with Gasteiger partial charge in [0.2, 0.25) is 0 Å². The van der Waals surface area contributed by atoms with Crippen molar-refractivity contribution in [3.63, 3.8) is 0 Å². The summed E-state index contributed by atoms with van der Waals surface area (Å²) >= 11 is 0. The molecule has 0 atom stereocenters. The molecule has 0 N–H and O–H groups in total. The van der Waals surface area contributed by atoms with E-state index in [9.17, 15) is 9.59 Å². The number of hydrogen-bond acceptors (Lipinski definition) is 8. The predicted molar refractivity (Wildman–Crippen MR) is 218 cm³/mol. The molecule has 0 aliphatic heterocycles. The highest BCUT2D eigenvalue weighted by atomic mass is 16.5. The lowest BCUT2D eigenvalue weighted by atomic mass is 9.99. The molecule has 0 radical (unpaired) electrons. The fraction of sp³-hybridized carbons (Fsp3) is 0.111. The van der Waals surface area contributed by atoms with Gasteiger partial charge in [0.1, 0.15) is 34.4 Å². The van der Waals surface area contributed by atoms with Gasteiger partial charge in [-0.05, 0) is 80.1 Å². The van der Waals surface area contributed by atoms with Crippen molar-refractivity contribution in [3.05, 3.63) is 178 Å². The smallest absolute Gasteiger partial charge is 0.267 e. The molecular weight excluding hydrogens is 703 g/mol. The van der Waals surface area contributed by atoms with E-state index in [0.29, 0.717) is 22.9 Å². The van der Waals surface area contributed by atoms with Crippen molar-refractivity contribution in [3.8, 4) is 67.8 Å². The molecule has 0 saturated carbocycles. The molecule has 8 rings (SSSR count). The minimum Gasteiger partial charge on any atom is -0.457 e. The fourth-order valence-corrected chi connectivity index (χ4v) is 6.11. The Hall–Kier alpha value is -7.40. The molecule has 278 valence electrons. The van der Waals surface area contributed by atoms with Crippen LogP contribution in [0.2, 0.25) is 0 Å². The maximum atomic E-state index is 12.3. The molecule has 11 nitrogen and oxygen atoms in total. The molecule has 0 fully saturated rings. The molecule has 0 bridgehead atoms. The van der Waals surface area contributed by atoms with E-state index in [4.69, 9.17) is 9.47 Å². The van der Waals surface area contributed by atoms with Gasteiger partial charge in [-0.1, -0.05) is 60.7 Å². The number of pyridine rings is 1. The van der Waals surface area contributed by atoms with Crippen molar-refractivity contribution >= 4 is 0 Å². The Morgan fingerprint density at radius 3 is 1.48 bits per heavy atom. The first kappa shape index (κ1) is 36.9. The van der Waals surface area contributed by atoms with Gasteiger partial charge in [0.15, 0.2) is 0 Å². The molecule has 0 saturated heterocycles. The Morgan fingerprint density at radius 1 is 0.500 bits per heavy atom. The van der Waals surface area contributed by atoms with Crippen molar-refractivity contribution < 1.29 is 9.47 Å². The molecule has 4 aromatic heterocycles. The number of hydrogen-bond donors (Lipinski definition) is 0. The van der Waals surface area contributed by atoms with E-state index < -0.39 is 0 Å². The standard InChI is InChI=1S/C23H19N3O2.C22H20N4O2/c1-16-14-17(12-13-24-16)20-15-22(27)26(2)25-23(20)19-10-6-7-11-21(19)28-18-8-4-3-5-9-18;1-15-19(14-23-25(15)2)18-13-21(27)26(3)24-22(18)17-11-7-8-12-20(17)28-16-9-5-4-6-10-16/h3-15H,1-2H3;4-14H,1-3H3. The molecule has 0 spiro atoms. The normalized spacial score (nSPS) is 10.7. The molecule has 4 aromatic carbocycles. The highest BCUT2D eigenvalue weighted by Gasteiger charge is 2.20. The van der Waals surface area contributed by atoms with Gasteiger partial charge in [0, 0.05) is 78.7 Å². The van der Waals surface area contributed by atoms with Crippen LogP contribution in [0, 0.1) is 13.8 Å².